The average Bonchev–Trinajstić information content (AvgIpc) is 3.28. The topological polar surface area (TPSA) is 75.2 Å². The van der Waals surface area contributed by atoms with Gasteiger partial charge in [-0.05, 0) is 34.8 Å². The Morgan fingerprint density at radius 2 is 1.90 bits per heavy atom. The molecule has 0 radical (unpaired) electrons. The Bertz CT molecular complexity index is 962. The summed E-state index contributed by atoms with van der Waals surface area (Å²) in [4.78, 5) is 27.5. The Labute approximate surface area is 171 Å². The number of benzene rings is 2. The van der Waals surface area contributed by atoms with Crippen molar-refractivity contribution in [2.75, 3.05) is 6.54 Å². The molecule has 1 N–H and O–H groups in total. The molecular weight excluding hydrogens is 391 g/mol. The van der Waals surface area contributed by atoms with E-state index in [1.54, 1.807) is 0 Å². The largest absolute Gasteiger partial charge is 0.350 e. The molecule has 148 valence electrons. The number of nitrogens with one attached hydrogen (secondary N) is 1. The van der Waals surface area contributed by atoms with Gasteiger partial charge in [0.1, 0.15) is 11.9 Å². The lowest BCUT2D eigenvalue weighted by Crippen LogP contribution is -2.43. The number of hydrogen-bond donors (Lipinski definition) is 1. The standard InChI is InChI=1S/C21H19FN4O2S/c1-2-12-26(21(28)18-14-29-25-24-18)19(16-8-10-17(22)11-9-16)20(27)23-13-15-6-4-3-5-7-15/h2-11,14,19H,1,12-13H2,(H,23,27)/t19-/m0/s1. The molecule has 29 heavy (non-hydrogen) atoms. The van der Waals surface area contributed by atoms with Crippen LogP contribution in [0.1, 0.15) is 27.7 Å². The molecule has 0 saturated heterocycles. The number of carbonyl (C=O) groups excluding carboxylic acids is 2. The summed E-state index contributed by atoms with van der Waals surface area (Å²) >= 11 is 1.04. The molecule has 0 saturated carbocycles. The summed E-state index contributed by atoms with van der Waals surface area (Å²) in [7, 11) is 0. The third-order valence-corrected chi connectivity index (χ3v) is 4.73. The summed E-state index contributed by atoms with van der Waals surface area (Å²) < 4.78 is 17.2. The summed E-state index contributed by atoms with van der Waals surface area (Å²) in [6.07, 6.45) is 1.53. The monoisotopic (exact) mass is 410 g/mol. The van der Waals surface area contributed by atoms with Crippen molar-refractivity contribution in [3.8, 4) is 0 Å². The summed E-state index contributed by atoms with van der Waals surface area (Å²) in [5.74, 6) is -1.27. The first-order valence-corrected chi connectivity index (χ1v) is 9.70. The van der Waals surface area contributed by atoms with E-state index in [-0.39, 0.29) is 18.1 Å². The van der Waals surface area contributed by atoms with Crippen LogP contribution in [0.15, 0.2) is 72.6 Å². The SMILES string of the molecule is C=CCN(C(=O)c1csnn1)[C@H](C(=O)NCc1ccccc1)c1ccc(F)cc1. The Morgan fingerprint density at radius 3 is 2.52 bits per heavy atom. The molecule has 2 amide bonds. The van der Waals surface area contributed by atoms with E-state index in [0.29, 0.717) is 12.1 Å². The van der Waals surface area contributed by atoms with Crippen molar-refractivity contribution < 1.29 is 14.0 Å². The summed E-state index contributed by atoms with van der Waals surface area (Å²) in [5, 5.41) is 8.19. The first-order chi connectivity index (χ1) is 14.1. The minimum atomic E-state index is -0.980. The van der Waals surface area contributed by atoms with E-state index < -0.39 is 17.8 Å². The van der Waals surface area contributed by atoms with E-state index in [2.05, 4.69) is 21.5 Å². The highest BCUT2D eigenvalue weighted by molar-refractivity contribution is 7.03. The second kappa shape index (κ2) is 9.70. The maximum absolute atomic E-state index is 13.4. The van der Waals surface area contributed by atoms with Gasteiger partial charge in [-0.2, -0.15) is 0 Å². The highest BCUT2D eigenvalue weighted by atomic mass is 32.1. The number of hydrogen-bond acceptors (Lipinski definition) is 5. The summed E-state index contributed by atoms with van der Waals surface area (Å²) in [5.41, 5.74) is 1.54. The third kappa shape index (κ3) is 5.11. The lowest BCUT2D eigenvalue weighted by Gasteiger charge is -2.30. The number of aromatic nitrogens is 2. The second-order valence-electron chi connectivity index (χ2n) is 6.19. The molecule has 0 unspecified atom stereocenters. The molecule has 3 rings (SSSR count). The van der Waals surface area contributed by atoms with Crippen molar-refractivity contribution in [2.24, 2.45) is 0 Å². The predicted octanol–water partition coefficient (Wildman–Crippen LogP) is 3.36. The summed E-state index contributed by atoms with van der Waals surface area (Å²) in [6.45, 7) is 4.09. The molecule has 0 aliphatic rings. The van der Waals surface area contributed by atoms with Crippen molar-refractivity contribution in [1.29, 1.82) is 0 Å². The smallest absolute Gasteiger partial charge is 0.276 e. The van der Waals surface area contributed by atoms with Gasteiger partial charge in [0.15, 0.2) is 5.69 Å². The van der Waals surface area contributed by atoms with Crippen LogP contribution in [-0.2, 0) is 11.3 Å². The Balaban J connectivity index is 1.91. The van der Waals surface area contributed by atoms with Crippen LogP contribution in [0.3, 0.4) is 0 Å². The lowest BCUT2D eigenvalue weighted by atomic mass is 10.0. The molecule has 1 heterocycles. The number of halogens is 1. The van der Waals surface area contributed by atoms with Gasteiger partial charge in [0.25, 0.3) is 5.91 Å². The molecule has 1 aromatic heterocycles. The zero-order chi connectivity index (χ0) is 20.6. The van der Waals surface area contributed by atoms with Crippen LogP contribution in [0.2, 0.25) is 0 Å². The van der Waals surface area contributed by atoms with Crippen molar-refractivity contribution in [1.82, 2.24) is 19.8 Å². The normalized spacial score (nSPS) is 11.5. The molecule has 8 heteroatoms. The van der Waals surface area contributed by atoms with Crippen LogP contribution >= 0.6 is 11.5 Å². The Hall–Kier alpha value is -3.39. The van der Waals surface area contributed by atoms with Gasteiger partial charge >= 0.3 is 0 Å². The lowest BCUT2D eigenvalue weighted by molar-refractivity contribution is -0.126. The highest BCUT2D eigenvalue weighted by Crippen LogP contribution is 2.24. The van der Waals surface area contributed by atoms with Crippen LogP contribution < -0.4 is 5.32 Å². The fraction of sp³-hybridized carbons (Fsp3) is 0.143. The van der Waals surface area contributed by atoms with Crippen LogP contribution in [0.4, 0.5) is 4.39 Å². The van der Waals surface area contributed by atoms with Gasteiger partial charge in [0.2, 0.25) is 5.91 Å². The van der Waals surface area contributed by atoms with Crippen molar-refractivity contribution in [3.63, 3.8) is 0 Å². The predicted molar refractivity (Wildman–Crippen MR) is 109 cm³/mol. The maximum Gasteiger partial charge on any atom is 0.276 e. The molecule has 0 aliphatic carbocycles. The van der Waals surface area contributed by atoms with Gasteiger partial charge in [-0.1, -0.05) is 53.0 Å². The number of rotatable bonds is 8. The number of nitrogens with zero attached hydrogens (tertiary/aromatic N) is 3. The van der Waals surface area contributed by atoms with E-state index in [9.17, 15) is 14.0 Å². The minimum Gasteiger partial charge on any atom is -0.350 e. The molecule has 1 atom stereocenters. The first kappa shape index (κ1) is 20.3. The van der Waals surface area contributed by atoms with Crippen molar-refractivity contribution in [3.05, 3.63) is 95.3 Å². The summed E-state index contributed by atoms with van der Waals surface area (Å²) in [6, 6.07) is 13.9. The maximum atomic E-state index is 13.4. The Morgan fingerprint density at radius 1 is 1.17 bits per heavy atom. The van der Waals surface area contributed by atoms with Crippen LogP contribution in [-0.4, -0.2) is 32.8 Å². The van der Waals surface area contributed by atoms with E-state index in [0.717, 1.165) is 17.1 Å². The first-order valence-electron chi connectivity index (χ1n) is 8.86. The Kier molecular flexibility index (Phi) is 6.80. The van der Waals surface area contributed by atoms with E-state index >= 15 is 0 Å². The van der Waals surface area contributed by atoms with Crippen molar-refractivity contribution >= 4 is 23.3 Å². The number of amides is 2. The van der Waals surface area contributed by atoms with Gasteiger partial charge in [0, 0.05) is 18.5 Å². The molecule has 0 aliphatic heterocycles. The third-order valence-electron chi connectivity index (χ3n) is 4.22. The van der Waals surface area contributed by atoms with Gasteiger partial charge in [-0.15, -0.1) is 11.7 Å². The molecule has 2 aromatic carbocycles. The number of carbonyl (C=O) groups is 2. The highest BCUT2D eigenvalue weighted by Gasteiger charge is 2.32. The van der Waals surface area contributed by atoms with E-state index in [4.69, 9.17) is 0 Å². The zero-order valence-electron chi connectivity index (χ0n) is 15.5. The fourth-order valence-corrected chi connectivity index (χ4v) is 3.28. The van der Waals surface area contributed by atoms with E-state index in [1.807, 2.05) is 30.3 Å². The van der Waals surface area contributed by atoms with Gasteiger partial charge in [-0.25, -0.2) is 4.39 Å². The molecule has 0 bridgehead atoms. The molecular formula is C21H19FN4O2S. The van der Waals surface area contributed by atoms with Gasteiger partial charge < -0.3 is 10.2 Å². The zero-order valence-corrected chi connectivity index (χ0v) is 16.3. The van der Waals surface area contributed by atoms with E-state index in [1.165, 1.54) is 40.6 Å². The average molecular weight is 410 g/mol. The van der Waals surface area contributed by atoms with Crippen molar-refractivity contribution in [2.45, 2.75) is 12.6 Å². The minimum absolute atomic E-state index is 0.108. The van der Waals surface area contributed by atoms with Crippen LogP contribution in [0.25, 0.3) is 0 Å². The fourth-order valence-electron chi connectivity index (χ4n) is 2.85. The van der Waals surface area contributed by atoms with Crippen LogP contribution in [0, 0.1) is 5.82 Å². The molecule has 0 spiro atoms. The molecule has 6 nitrogen and oxygen atoms in total. The quantitative estimate of drug-likeness (QED) is 0.578. The van der Waals surface area contributed by atoms with Crippen LogP contribution in [0.5, 0.6) is 0 Å². The molecule has 3 aromatic rings. The second-order valence-corrected chi connectivity index (χ2v) is 6.80. The van der Waals surface area contributed by atoms with Gasteiger partial charge in [0.05, 0.1) is 0 Å². The van der Waals surface area contributed by atoms with Gasteiger partial charge in [-0.3, -0.25) is 9.59 Å². The molecule has 0 fully saturated rings.